The minimum absolute atomic E-state index is 0.113. The molecule has 1 heterocycles. The third-order valence-corrected chi connectivity index (χ3v) is 4.99. The van der Waals surface area contributed by atoms with Gasteiger partial charge in [0.25, 0.3) is 11.8 Å². The molecular weight excluding hydrogens is 359 g/mol. The van der Waals surface area contributed by atoms with Crippen LogP contribution in [0.3, 0.4) is 0 Å². The number of carbonyl (C=O) groups is 2. The van der Waals surface area contributed by atoms with E-state index in [4.69, 9.17) is 4.74 Å². The summed E-state index contributed by atoms with van der Waals surface area (Å²) in [5.74, 6) is -0.0596. The molecule has 2 amide bonds. The number of para-hydroxylation sites is 1. The molecular formula is C22H25FN2O3. The maximum absolute atomic E-state index is 13.8. The Morgan fingerprint density at radius 2 is 1.71 bits per heavy atom. The molecule has 1 fully saturated rings. The lowest BCUT2D eigenvalue weighted by atomic mass is 9.96. The Bertz CT molecular complexity index is 832. The normalized spacial score (nSPS) is 14.6. The SMILES string of the molecule is CCOc1ccccc1C(=O)NCC1CCN(C(=O)c2ccccc2F)CC1. The zero-order chi connectivity index (χ0) is 19.9. The van der Waals surface area contributed by atoms with Gasteiger partial charge in [-0.2, -0.15) is 0 Å². The van der Waals surface area contributed by atoms with Crippen molar-refractivity contribution < 1.29 is 18.7 Å². The predicted octanol–water partition coefficient (Wildman–Crippen LogP) is 3.51. The summed E-state index contributed by atoms with van der Waals surface area (Å²) in [4.78, 5) is 26.6. The zero-order valence-corrected chi connectivity index (χ0v) is 16.0. The van der Waals surface area contributed by atoms with Crippen molar-refractivity contribution in [1.82, 2.24) is 10.2 Å². The number of halogens is 1. The van der Waals surface area contributed by atoms with Crippen LogP contribution in [-0.4, -0.2) is 43.0 Å². The summed E-state index contributed by atoms with van der Waals surface area (Å²) in [6.45, 7) is 4.04. The molecule has 0 spiro atoms. The average Bonchev–Trinajstić information content (AvgIpc) is 2.73. The van der Waals surface area contributed by atoms with Gasteiger partial charge in [0, 0.05) is 19.6 Å². The Morgan fingerprint density at radius 1 is 1.07 bits per heavy atom. The molecule has 3 rings (SSSR count). The quantitative estimate of drug-likeness (QED) is 0.829. The van der Waals surface area contributed by atoms with Crippen LogP contribution in [0.25, 0.3) is 0 Å². The van der Waals surface area contributed by atoms with Crippen molar-refractivity contribution in [3.05, 3.63) is 65.5 Å². The van der Waals surface area contributed by atoms with Gasteiger partial charge >= 0.3 is 0 Å². The van der Waals surface area contributed by atoms with Crippen LogP contribution in [0.4, 0.5) is 4.39 Å². The van der Waals surface area contributed by atoms with E-state index in [0.29, 0.717) is 37.6 Å². The van der Waals surface area contributed by atoms with E-state index in [2.05, 4.69) is 5.32 Å². The Hall–Kier alpha value is -2.89. The number of nitrogens with zero attached hydrogens (tertiary/aromatic N) is 1. The molecule has 28 heavy (non-hydrogen) atoms. The molecule has 0 unspecified atom stereocenters. The van der Waals surface area contributed by atoms with E-state index in [1.807, 2.05) is 19.1 Å². The molecule has 0 bridgehead atoms. The van der Waals surface area contributed by atoms with E-state index < -0.39 is 5.82 Å². The fraction of sp³-hybridized carbons (Fsp3) is 0.364. The second-order valence-electron chi connectivity index (χ2n) is 6.85. The van der Waals surface area contributed by atoms with Crippen LogP contribution in [0.5, 0.6) is 5.75 Å². The monoisotopic (exact) mass is 384 g/mol. The maximum Gasteiger partial charge on any atom is 0.256 e. The fourth-order valence-corrected chi connectivity index (χ4v) is 3.41. The van der Waals surface area contributed by atoms with Crippen LogP contribution < -0.4 is 10.1 Å². The summed E-state index contributed by atoms with van der Waals surface area (Å²) < 4.78 is 19.3. The molecule has 1 aliphatic heterocycles. The summed E-state index contributed by atoms with van der Waals surface area (Å²) in [5, 5.41) is 2.97. The number of nitrogens with one attached hydrogen (secondary N) is 1. The van der Waals surface area contributed by atoms with Crippen LogP contribution in [0, 0.1) is 11.7 Å². The molecule has 2 aromatic carbocycles. The molecule has 1 N–H and O–H groups in total. The summed E-state index contributed by atoms with van der Waals surface area (Å²) in [5.41, 5.74) is 0.637. The largest absolute Gasteiger partial charge is 0.493 e. The minimum Gasteiger partial charge on any atom is -0.493 e. The molecule has 2 aromatic rings. The van der Waals surface area contributed by atoms with Gasteiger partial charge in [0.1, 0.15) is 11.6 Å². The molecule has 6 heteroatoms. The Labute approximate surface area is 164 Å². The van der Waals surface area contributed by atoms with E-state index in [1.54, 1.807) is 29.2 Å². The van der Waals surface area contributed by atoms with Gasteiger partial charge < -0.3 is 15.0 Å². The van der Waals surface area contributed by atoms with E-state index >= 15 is 0 Å². The van der Waals surface area contributed by atoms with Gasteiger partial charge in [-0.3, -0.25) is 9.59 Å². The van der Waals surface area contributed by atoms with Gasteiger partial charge in [-0.05, 0) is 49.9 Å². The van der Waals surface area contributed by atoms with E-state index in [0.717, 1.165) is 12.8 Å². The number of rotatable bonds is 6. The highest BCUT2D eigenvalue weighted by Crippen LogP contribution is 2.21. The summed E-state index contributed by atoms with van der Waals surface area (Å²) in [6, 6.07) is 13.2. The second kappa shape index (κ2) is 9.35. The van der Waals surface area contributed by atoms with Crippen molar-refractivity contribution in [2.75, 3.05) is 26.2 Å². The minimum atomic E-state index is -0.491. The van der Waals surface area contributed by atoms with Crippen molar-refractivity contribution in [3.8, 4) is 5.75 Å². The van der Waals surface area contributed by atoms with Crippen molar-refractivity contribution in [2.24, 2.45) is 5.92 Å². The number of amides is 2. The fourth-order valence-electron chi connectivity index (χ4n) is 3.41. The molecule has 5 nitrogen and oxygen atoms in total. The van der Waals surface area contributed by atoms with Gasteiger partial charge in [0.2, 0.25) is 0 Å². The Kier molecular flexibility index (Phi) is 6.63. The van der Waals surface area contributed by atoms with E-state index in [-0.39, 0.29) is 23.3 Å². The number of piperidine rings is 1. The second-order valence-corrected chi connectivity index (χ2v) is 6.85. The number of ether oxygens (including phenoxy) is 1. The van der Waals surface area contributed by atoms with Gasteiger partial charge in [0.05, 0.1) is 17.7 Å². The van der Waals surface area contributed by atoms with Gasteiger partial charge in [-0.1, -0.05) is 24.3 Å². The first-order valence-corrected chi connectivity index (χ1v) is 9.64. The lowest BCUT2D eigenvalue weighted by Gasteiger charge is -2.32. The number of carbonyl (C=O) groups excluding carboxylic acids is 2. The van der Waals surface area contributed by atoms with Crippen LogP contribution in [0.2, 0.25) is 0 Å². The van der Waals surface area contributed by atoms with Crippen LogP contribution in [0.1, 0.15) is 40.5 Å². The Balaban J connectivity index is 1.50. The lowest BCUT2D eigenvalue weighted by molar-refractivity contribution is 0.0679. The molecule has 0 aromatic heterocycles. The van der Waals surface area contributed by atoms with Crippen molar-refractivity contribution in [2.45, 2.75) is 19.8 Å². The van der Waals surface area contributed by atoms with Gasteiger partial charge in [-0.25, -0.2) is 4.39 Å². The summed E-state index contributed by atoms with van der Waals surface area (Å²) in [6.07, 6.45) is 1.54. The van der Waals surface area contributed by atoms with E-state index in [9.17, 15) is 14.0 Å². The van der Waals surface area contributed by atoms with Crippen molar-refractivity contribution in [1.29, 1.82) is 0 Å². The maximum atomic E-state index is 13.8. The first kappa shape index (κ1) is 19.9. The van der Waals surface area contributed by atoms with Crippen LogP contribution in [-0.2, 0) is 0 Å². The average molecular weight is 384 g/mol. The molecule has 0 atom stereocenters. The number of hydrogen-bond acceptors (Lipinski definition) is 3. The van der Waals surface area contributed by atoms with Crippen molar-refractivity contribution >= 4 is 11.8 Å². The van der Waals surface area contributed by atoms with E-state index in [1.165, 1.54) is 12.1 Å². The molecule has 148 valence electrons. The summed E-state index contributed by atoms with van der Waals surface area (Å²) in [7, 11) is 0. The number of likely N-dealkylation sites (tertiary alicyclic amines) is 1. The smallest absolute Gasteiger partial charge is 0.256 e. The summed E-state index contributed by atoms with van der Waals surface area (Å²) >= 11 is 0. The molecule has 0 radical (unpaired) electrons. The molecule has 1 aliphatic rings. The van der Waals surface area contributed by atoms with Gasteiger partial charge in [-0.15, -0.1) is 0 Å². The topological polar surface area (TPSA) is 58.6 Å². The number of benzene rings is 2. The third-order valence-electron chi connectivity index (χ3n) is 4.99. The predicted molar refractivity (Wildman–Crippen MR) is 105 cm³/mol. The lowest BCUT2D eigenvalue weighted by Crippen LogP contribution is -2.41. The highest BCUT2D eigenvalue weighted by atomic mass is 19.1. The number of hydrogen-bond donors (Lipinski definition) is 1. The highest BCUT2D eigenvalue weighted by molar-refractivity contribution is 5.97. The first-order chi connectivity index (χ1) is 13.6. The first-order valence-electron chi connectivity index (χ1n) is 9.64. The molecule has 0 aliphatic carbocycles. The third kappa shape index (κ3) is 4.68. The van der Waals surface area contributed by atoms with Crippen molar-refractivity contribution in [3.63, 3.8) is 0 Å². The highest BCUT2D eigenvalue weighted by Gasteiger charge is 2.25. The zero-order valence-electron chi connectivity index (χ0n) is 16.0. The standard InChI is InChI=1S/C22H25FN2O3/c1-2-28-20-10-6-4-8-18(20)21(26)24-15-16-11-13-25(14-12-16)22(27)17-7-3-5-9-19(17)23/h3-10,16H,2,11-15H2,1H3,(H,24,26). The molecule has 0 saturated carbocycles. The van der Waals surface area contributed by atoms with Crippen LogP contribution >= 0.6 is 0 Å². The van der Waals surface area contributed by atoms with Gasteiger partial charge in [0.15, 0.2) is 0 Å². The Morgan fingerprint density at radius 3 is 2.39 bits per heavy atom. The molecule has 1 saturated heterocycles. The van der Waals surface area contributed by atoms with Crippen LogP contribution in [0.15, 0.2) is 48.5 Å².